The lowest BCUT2D eigenvalue weighted by atomic mass is 10.2. The molecule has 0 saturated carbocycles. The monoisotopic (exact) mass is 254 g/mol. The lowest BCUT2D eigenvalue weighted by Crippen LogP contribution is -2.10. The van der Waals surface area contributed by atoms with Crippen molar-refractivity contribution in [2.75, 3.05) is 11.9 Å². The van der Waals surface area contributed by atoms with E-state index >= 15 is 0 Å². The fraction of sp³-hybridized carbons (Fsp3) is 0.250. The summed E-state index contributed by atoms with van der Waals surface area (Å²) in [5.41, 5.74) is 1.92. The zero-order chi connectivity index (χ0) is 11.5. The Labute approximate surface area is 105 Å². The number of pyridine rings is 1. The third kappa shape index (κ3) is 2.57. The largest absolute Gasteiger partial charge is 0.383 e. The van der Waals surface area contributed by atoms with Crippen LogP contribution in [0.1, 0.15) is 6.92 Å². The van der Waals surface area contributed by atoms with Gasteiger partial charge in [0, 0.05) is 34.2 Å². The van der Waals surface area contributed by atoms with E-state index in [-0.39, 0.29) is 5.38 Å². The smallest absolute Gasteiger partial charge is 0.0737 e. The number of fused-ring (bicyclic) bond motifs is 1. The van der Waals surface area contributed by atoms with Gasteiger partial charge >= 0.3 is 0 Å². The van der Waals surface area contributed by atoms with Crippen molar-refractivity contribution in [2.45, 2.75) is 12.3 Å². The van der Waals surface area contributed by atoms with Gasteiger partial charge in [0.1, 0.15) is 0 Å². The molecular weight excluding hydrogens is 243 g/mol. The molecule has 2 nitrogen and oxygen atoms in total. The van der Waals surface area contributed by atoms with Crippen LogP contribution in [-0.2, 0) is 0 Å². The minimum Gasteiger partial charge on any atom is -0.383 e. The number of nitrogens with zero attached hydrogens (tertiary/aromatic N) is 1. The number of aromatic nitrogens is 1. The average molecular weight is 255 g/mol. The molecule has 0 spiro atoms. The Morgan fingerprint density at radius 2 is 2.19 bits per heavy atom. The Morgan fingerprint density at radius 3 is 2.94 bits per heavy atom. The number of nitrogens with one attached hydrogen (secondary N) is 1. The van der Waals surface area contributed by atoms with Crippen LogP contribution in [0, 0.1) is 0 Å². The van der Waals surface area contributed by atoms with Gasteiger partial charge in [0.15, 0.2) is 0 Å². The molecule has 2 aromatic rings. The molecule has 2 rings (SSSR count). The quantitative estimate of drug-likeness (QED) is 0.840. The fourth-order valence-corrected chi connectivity index (χ4v) is 1.77. The standard InChI is InChI=1S/C12H12Cl2N2/c1-8(13)7-16-11-4-5-15-12-6-9(14)2-3-10(11)12/h2-6,8H,7H2,1H3,(H,15,16). The Morgan fingerprint density at radius 1 is 1.38 bits per heavy atom. The van der Waals surface area contributed by atoms with E-state index in [1.54, 1.807) is 6.20 Å². The first kappa shape index (κ1) is 11.5. The Bertz CT molecular complexity index is 497. The van der Waals surface area contributed by atoms with Crippen LogP contribution >= 0.6 is 23.2 Å². The molecule has 4 heteroatoms. The van der Waals surface area contributed by atoms with E-state index in [2.05, 4.69) is 10.3 Å². The van der Waals surface area contributed by atoms with Crippen molar-refractivity contribution in [2.24, 2.45) is 0 Å². The number of halogens is 2. The second-order valence-electron chi connectivity index (χ2n) is 3.68. The summed E-state index contributed by atoms with van der Waals surface area (Å²) < 4.78 is 0. The first-order valence-corrected chi connectivity index (χ1v) is 5.90. The number of hydrogen-bond donors (Lipinski definition) is 1. The van der Waals surface area contributed by atoms with Gasteiger partial charge in [-0.1, -0.05) is 11.6 Å². The average Bonchev–Trinajstić information content (AvgIpc) is 2.25. The van der Waals surface area contributed by atoms with Crippen LogP contribution in [0.25, 0.3) is 10.9 Å². The molecule has 0 fully saturated rings. The van der Waals surface area contributed by atoms with Crippen LogP contribution < -0.4 is 5.32 Å². The molecule has 0 radical (unpaired) electrons. The third-order valence-corrected chi connectivity index (χ3v) is 2.67. The van der Waals surface area contributed by atoms with Gasteiger partial charge < -0.3 is 5.32 Å². The minimum absolute atomic E-state index is 0.0931. The maximum Gasteiger partial charge on any atom is 0.0737 e. The summed E-state index contributed by atoms with van der Waals surface area (Å²) in [5.74, 6) is 0. The summed E-state index contributed by atoms with van der Waals surface area (Å²) in [6, 6.07) is 7.62. The van der Waals surface area contributed by atoms with Gasteiger partial charge in [0.2, 0.25) is 0 Å². The van der Waals surface area contributed by atoms with Crippen molar-refractivity contribution in [3.8, 4) is 0 Å². The van der Waals surface area contributed by atoms with Crippen molar-refractivity contribution in [3.63, 3.8) is 0 Å². The van der Waals surface area contributed by atoms with E-state index in [9.17, 15) is 0 Å². The second kappa shape index (κ2) is 4.89. The van der Waals surface area contributed by atoms with Crippen LogP contribution in [0.2, 0.25) is 5.02 Å². The van der Waals surface area contributed by atoms with E-state index in [0.717, 1.165) is 23.1 Å². The molecule has 1 aromatic carbocycles. The maximum atomic E-state index is 5.92. The summed E-state index contributed by atoms with van der Waals surface area (Å²) in [6.45, 7) is 2.68. The molecule has 0 aliphatic rings. The van der Waals surface area contributed by atoms with Crippen LogP contribution in [0.15, 0.2) is 30.5 Å². The Balaban J connectivity index is 2.38. The highest BCUT2D eigenvalue weighted by Gasteiger charge is 2.03. The number of benzene rings is 1. The van der Waals surface area contributed by atoms with Gasteiger partial charge in [0.25, 0.3) is 0 Å². The number of rotatable bonds is 3. The molecule has 0 aliphatic heterocycles. The number of hydrogen-bond acceptors (Lipinski definition) is 2. The molecule has 1 N–H and O–H groups in total. The topological polar surface area (TPSA) is 24.9 Å². The predicted molar refractivity (Wildman–Crippen MR) is 70.6 cm³/mol. The highest BCUT2D eigenvalue weighted by Crippen LogP contribution is 2.24. The molecule has 0 saturated heterocycles. The number of anilines is 1. The lowest BCUT2D eigenvalue weighted by Gasteiger charge is -2.10. The van der Waals surface area contributed by atoms with Gasteiger partial charge in [0.05, 0.1) is 5.52 Å². The van der Waals surface area contributed by atoms with Crippen LogP contribution in [0.3, 0.4) is 0 Å². The maximum absolute atomic E-state index is 5.92. The first-order valence-electron chi connectivity index (χ1n) is 5.09. The SMILES string of the molecule is CC(Cl)CNc1ccnc2cc(Cl)ccc12. The van der Waals surface area contributed by atoms with Gasteiger partial charge in [-0.3, -0.25) is 4.98 Å². The summed E-state index contributed by atoms with van der Waals surface area (Å²) in [4.78, 5) is 4.27. The summed E-state index contributed by atoms with van der Waals surface area (Å²) >= 11 is 11.8. The summed E-state index contributed by atoms with van der Waals surface area (Å²) in [7, 11) is 0. The van der Waals surface area contributed by atoms with Gasteiger partial charge in [-0.05, 0) is 31.2 Å². The molecule has 16 heavy (non-hydrogen) atoms. The summed E-state index contributed by atoms with van der Waals surface area (Å²) in [5, 5.41) is 5.14. The zero-order valence-corrected chi connectivity index (χ0v) is 10.4. The van der Waals surface area contributed by atoms with Crippen LogP contribution in [0.5, 0.6) is 0 Å². The van der Waals surface area contributed by atoms with Crippen molar-refractivity contribution in [1.29, 1.82) is 0 Å². The molecular formula is C12H12Cl2N2. The predicted octanol–water partition coefficient (Wildman–Crippen LogP) is 3.93. The third-order valence-electron chi connectivity index (χ3n) is 2.28. The molecule has 1 heterocycles. The van der Waals surface area contributed by atoms with Crippen molar-refractivity contribution in [1.82, 2.24) is 4.98 Å². The van der Waals surface area contributed by atoms with E-state index in [0.29, 0.717) is 5.02 Å². The molecule has 0 bridgehead atoms. The highest BCUT2D eigenvalue weighted by atomic mass is 35.5. The lowest BCUT2D eigenvalue weighted by molar-refractivity contribution is 0.990. The molecule has 1 unspecified atom stereocenters. The first-order chi connectivity index (χ1) is 7.66. The molecule has 84 valence electrons. The van der Waals surface area contributed by atoms with Crippen LogP contribution in [-0.4, -0.2) is 16.9 Å². The van der Waals surface area contributed by atoms with Gasteiger partial charge in [-0.15, -0.1) is 11.6 Å². The van der Waals surface area contributed by atoms with Gasteiger partial charge in [-0.25, -0.2) is 0 Å². The van der Waals surface area contributed by atoms with Crippen molar-refractivity contribution >= 4 is 39.8 Å². The molecule has 1 atom stereocenters. The Hall–Kier alpha value is -0.990. The molecule has 1 aromatic heterocycles. The van der Waals surface area contributed by atoms with Crippen LogP contribution in [0.4, 0.5) is 5.69 Å². The van der Waals surface area contributed by atoms with Gasteiger partial charge in [-0.2, -0.15) is 0 Å². The van der Waals surface area contributed by atoms with E-state index < -0.39 is 0 Å². The van der Waals surface area contributed by atoms with E-state index in [4.69, 9.17) is 23.2 Å². The van der Waals surface area contributed by atoms with Crippen molar-refractivity contribution < 1.29 is 0 Å². The van der Waals surface area contributed by atoms with Crippen molar-refractivity contribution in [3.05, 3.63) is 35.5 Å². The second-order valence-corrected chi connectivity index (χ2v) is 4.86. The van der Waals surface area contributed by atoms with E-state index in [1.165, 1.54) is 0 Å². The number of alkyl halides is 1. The normalized spacial score (nSPS) is 12.7. The molecule has 0 aliphatic carbocycles. The minimum atomic E-state index is 0.0931. The van der Waals surface area contributed by atoms with E-state index in [1.807, 2.05) is 31.2 Å². The molecule has 0 amide bonds. The zero-order valence-electron chi connectivity index (χ0n) is 8.87. The highest BCUT2D eigenvalue weighted by molar-refractivity contribution is 6.31. The summed E-state index contributed by atoms with van der Waals surface area (Å²) in [6.07, 6.45) is 1.76. The Kier molecular flexibility index (Phi) is 3.52. The fourth-order valence-electron chi connectivity index (χ4n) is 1.53.